The lowest BCUT2D eigenvalue weighted by atomic mass is 10.2. The average molecular weight is 206 g/mol. The maximum absolute atomic E-state index is 13.3. The molecule has 1 rings (SSSR count). The van der Waals surface area contributed by atoms with Crippen LogP contribution in [0.15, 0.2) is 12.1 Å². The summed E-state index contributed by atoms with van der Waals surface area (Å²) in [5, 5.41) is 0.0212. The molecule has 0 amide bonds. The van der Waals surface area contributed by atoms with E-state index in [4.69, 9.17) is 22.2 Å². The normalized spacial score (nSPS) is 10.2. The van der Waals surface area contributed by atoms with Gasteiger partial charge in [0.1, 0.15) is 5.75 Å². The molecule has 0 saturated carbocycles. The average Bonchev–Trinajstić information content (AvgIpc) is 2.14. The molecule has 0 aromatic heterocycles. The summed E-state index contributed by atoms with van der Waals surface area (Å²) < 4.78 is 18.2. The molecule has 2 N–H and O–H groups in total. The minimum atomic E-state index is -0.563. The fourth-order valence-corrected chi connectivity index (χ4v) is 1.16. The fraction of sp³-hybridized carbons (Fsp3) is 0.250. The zero-order valence-electron chi connectivity index (χ0n) is 7.01. The molecule has 0 spiro atoms. The van der Waals surface area contributed by atoms with Gasteiger partial charge in [-0.3, -0.25) is 4.84 Å². The summed E-state index contributed by atoms with van der Waals surface area (Å²) in [7, 11) is 1.43. The minimum absolute atomic E-state index is 0.0212. The van der Waals surface area contributed by atoms with Gasteiger partial charge in [0.05, 0.1) is 24.3 Å². The molecule has 0 fully saturated rings. The van der Waals surface area contributed by atoms with Crippen molar-refractivity contribution >= 4 is 11.6 Å². The molecule has 0 unspecified atom stereocenters. The lowest BCUT2D eigenvalue weighted by Crippen LogP contribution is -2.03. The van der Waals surface area contributed by atoms with Gasteiger partial charge in [0, 0.05) is 0 Å². The van der Waals surface area contributed by atoms with Gasteiger partial charge in [-0.2, -0.15) is 0 Å². The second-order valence-electron chi connectivity index (χ2n) is 2.35. The molecular weight excluding hydrogens is 197 g/mol. The van der Waals surface area contributed by atoms with E-state index >= 15 is 0 Å². The zero-order chi connectivity index (χ0) is 9.84. The van der Waals surface area contributed by atoms with Crippen molar-refractivity contribution in [1.29, 1.82) is 0 Å². The van der Waals surface area contributed by atoms with Crippen LogP contribution in [0, 0.1) is 5.82 Å². The highest BCUT2D eigenvalue weighted by molar-refractivity contribution is 6.30. The first kappa shape index (κ1) is 10.2. The highest BCUT2D eigenvalue weighted by atomic mass is 35.5. The van der Waals surface area contributed by atoms with Crippen molar-refractivity contribution in [2.75, 3.05) is 7.11 Å². The van der Waals surface area contributed by atoms with Crippen LogP contribution in [0.3, 0.4) is 0 Å². The molecule has 0 bridgehead atoms. The highest BCUT2D eigenvalue weighted by Gasteiger charge is 2.12. The third kappa shape index (κ3) is 2.09. The van der Waals surface area contributed by atoms with Crippen LogP contribution < -0.4 is 10.6 Å². The Balaban J connectivity index is 3.15. The van der Waals surface area contributed by atoms with Gasteiger partial charge in [-0.1, -0.05) is 11.6 Å². The van der Waals surface area contributed by atoms with E-state index in [1.807, 2.05) is 0 Å². The van der Waals surface area contributed by atoms with Crippen molar-refractivity contribution in [3.05, 3.63) is 28.5 Å². The molecule has 5 heteroatoms. The number of ether oxygens (including phenoxy) is 1. The number of benzene rings is 1. The number of hydrogen-bond donors (Lipinski definition) is 1. The standard InChI is InChI=1S/C8H9ClFNO2/c1-12-7-3-2-6(9)8(10)5(7)4-13-11/h2-3H,4,11H2,1H3. The SMILES string of the molecule is COc1ccc(Cl)c(F)c1CON. The first-order chi connectivity index (χ1) is 6.20. The number of halogens is 2. The smallest absolute Gasteiger partial charge is 0.151 e. The summed E-state index contributed by atoms with van der Waals surface area (Å²) in [5.74, 6) is 4.64. The van der Waals surface area contributed by atoms with E-state index in [1.165, 1.54) is 13.2 Å². The summed E-state index contributed by atoms with van der Waals surface area (Å²) in [5.41, 5.74) is 0.220. The Morgan fingerprint density at radius 3 is 2.77 bits per heavy atom. The summed E-state index contributed by atoms with van der Waals surface area (Å²) in [6, 6.07) is 2.97. The van der Waals surface area contributed by atoms with Gasteiger partial charge in [-0.15, -0.1) is 0 Å². The Bertz CT molecular complexity index is 306. The van der Waals surface area contributed by atoms with Crippen molar-refractivity contribution < 1.29 is 14.0 Å². The Morgan fingerprint density at radius 1 is 1.54 bits per heavy atom. The van der Waals surface area contributed by atoms with E-state index in [1.54, 1.807) is 6.07 Å². The van der Waals surface area contributed by atoms with Gasteiger partial charge < -0.3 is 4.74 Å². The maximum atomic E-state index is 13.3. The molecule has 3 nitrogen and oxygen atoms in total. The summed E-state index contributed by atoms with van der Waals surface area (Å²) in [4.78, 5) is 4.33. The van der Waals surface area contributed by atoms with E-state index in [9.17, 15) is 4.39 Å². The van der Waals surface area contributed by atoms with Gasteiger partial charge in [-0.05, 0) is 12.1 Å². The number of hydrogen-bond acceptors (Lipinski definition) is 3. The van der Waals surface area contributed by atoms with Crippen molar-refractivity contribution in [3.63, 3.8) is 0 Å². The van der Waals surface area contributed by atoms with Crippen LogP contribution in [0.1, 0.15) is 5.56 Å². The monoisotopic (exact) mass is 205 g/mol. The van der Waals surface area contributed by atoms with Crippen LogP contribution in [0.5, 0.6) is 5.75 Å². The van der Waals surface area contributed by atoms with Gasteiger partial charge >= 0.3 is 0 Å². The predicted molar refractivity (Wildman–Crippen MR) is 46.9 cm³/mol. The topological polar surface area (TPSA) is 44.5 Å². The summed E-state index contributed by atoms with van der Waals surface area (Å²) in [6.45, 7) is -0.0738. The number of methoxy groups -OCH3 is 1. The maximum Gasteiger partial charge on any atom is 0.151 e. The third-order valence-corrected chi connectivity index (χ3v) is 1.89. The van der Waals surface area contributed by atoms with Gasteiger partial charge in [-0.25, -0.2) is 10.3 Å². The van der Waals surface area contributed by atoms with Crippen LogP contribution in [0.25, 0.3) is 0 Å². The summed E-state index contributed by atoms with van der Waals surface area (Å²) >= 11 is 5.55. The van der Waals surface area contributed by atoms with Crippen LogP contribution in [-0.2, 0) is 11.4 Å². The van der Waals surface area contributed by atoms with Gasteiger partial charge in [0.2, 0.25) is 0 Å². The molecule has 13 heavy (non-hydrogen) atoms. The summed E-state index contributed by atoms with van der Waals surface area (Å²) in [6.07, 6.45) is 0. The Kier molecular flexibility index (Phi) is 3.48. The van der Waals surface area contributed by atoms with Crippen LogP contribution >= 0.6 is 11.6 Å². The molecule has 0 heterocycles. The lowest BCUT2D eigenvalue weighted by molar-refractivity contribution is 0.119. The second-order valence-corrected chi connectivity index (χ2v) is 2.76. The fourth-order valence-electron chi connectivity index (χ4n) is 0.984. The van der Waals surface area contributed by atoms with E-state index in [0.29, 0.717) is 5.75 Å². The molecule has 0 aliphatic rings. The molecule has 0 aliphatic carbocycles. The molecule has 1 aromatic carbocycles. The molecule has 0 saturated heterocycles. The Morgan fingerprint density at radius 2 is 2.23 bits per heavy atom. The van der Waals surface area contributed by atoms with E-state index in [2.05, 4.69) is 4.84 Å². The van der Waals surface area contributed by atoms with Crippen molar-refractivity contribution in [1.82, 2.24) is 0 Å². The minimum Gasteiger partial charge on any atom is -0.496 e. The van der Waals surface area contributed by atoms with E-state index in [-0.39, 0.29) is 17.2 Å². The number of nitrogens with two attached hydrogens (primary N) is 1. The van der Waals surface area contributed by atoms with Gasteiger partial charge in [0.25, 0.3) is 0 Å². The molecule has 72 valence electrons. The lowest BCUT2D eigenvalue weighted by Gasteiger charge is -2.08. The van der Waals surface area contributed by atoms with E-state index < -0.39 is 5.82 Å². The van der Waals surface area contributed by atoms with Crippen LogP contribution in [0.2, 0.25) is 5.02 Å². The first-order valence-corrected chi connectivity index (χ1v) is 3.91. The van der Waals surface area contributed by atoms with Gasteiger partial charge in [0.15, 0.2) is 5.82 Å². The van der Waals surface area contributed by atoms with Crippen molar-refractivity contribution in [2.45, 2.75) is 6.61 Å². The zero-order valence-corrected chi connectivity index (χ0v) is 7.77. The first-order valence-electron chi connectivity index (χ1n) is 3.53. The van der Waals surface area contributed by atoms with Crippen molar-refractivity contribution in [2.24, 2.45) is 5.90 Å². The molecule has 0 radical (unpaired) electrons. The Labute approximate surface area is 80.2 Å². The predicted octanol–water partition coefficient (Wildman–Crippen LogP) is 1.88. The Hall–Kier alpha value is -0.840. The quantitative estimate of drug-likeness (QED) is 0.767. The molecule has 0 atom stereocenters. The molecular formula is C8H9ClFNO2. The second kappa shape index (κ2) is 4.41. The number of rotatable bonds is 3. The third-order valence-electron chi connectivity index (χ3n) is 1.60. The van der Waals surface area contributed by atoms with E-state index in [0.717, 1.165) is 0 Å². The largest absolute Gasteiger partial charge is 0.496 e. The van der Waals surface area contributed by atoms with Crippen LogP contribution in [0.4, 0.5) is 4.39 Å². The van der Waals surface area contributed by atoms with Crippen LogP contribution in [-0.4, -0.2) is 7.11 Å². The highest BCUT2D eigenvalue weighted by Crippen LogP contribution is 2.27. The molecule has 0 aliphatic heterocycles. The van der Waals surface area contributed by atoms with Crippen molar-refractivity contribution in [3.8, 4) is 5.75 Å². The molecule has 1 aromatic rings.